The largest absolute Gasteiger partial charge is 0.399 e. The summed E-state index contributed by atoms with van der Waals surface area (Å²) in [5.41, 5.74) is 11.1. The number of aryl methyl sites for hydroxylation is 1. The molecule has 2 aromatic heterocycles. The molecule has 152 valence electrons. The number of carbonyl (C=O) groups excluding carboxylic acids is 1. The first-order valence-corrected chi connectivity index (χ1v) is 10.3. The zero-order valence-corrected chi connectivity index (χ0v) is 17.0. The maximum absolute atomic E-state index is 13.3. The molecular weight excluding hydrogens is 384 g/mol. The molecule has 0 aliphatic heterocycles. The SMILES string of the molecule is Nc1ccc(N(C(=O)CCc2cc3c(cn2)[nH]c2ccccc23)c2ccccc2)cc1. The Kier molecular flexibility index (Phi) is 4.84. The van der Waals surface area contributed by atoms with Gasteiger partial charge in [-0.15, -0.1) is 0 Å². The van der Waals surface area contributed by atoms with E-state index >= 15 is 0 Å². The molecule has 2 heterocycles. The van der Waals surface area contributed by atoms with Crippen LogP contribution in [0.25, 0.3) is 21.8 Å². The molecule has 0 bridgehead atoms. The average molecular weight is 406 g/mol. The molecule has 5 rings (SSSR count). The monoisotopic (exact) mass is 406 g/mol. The molecule has 5 aromatic rings. The molecule has 0 unspecified atom stereocenters. The fourth-order valence-corrected chi connectivity index (χ4v) is 3.91. The predicted molar refractivity (Wildman–Crippen MR) is 126 cm³/mol. The van der Waals surface area contributed by atoms with Gasteiger partial charge in [0.1, 0.15) is 0 Å². The molecule has 0 fully saturated rings. The Morgan fingerprint density at radius 3 is 2.35 bits per heavy atom. The summed E-state index contributed by atoms with van der Waals surface area (Å²) in [5.74, 6) is 0.0109. The average Bonchev–Trinajstić information content (AvgIpc) is 3.18. The van der Waals surface area contributed by atoms with E-state index in [1.807, 2.05) is 72.9 Å². The number of hydrogen-bond donors (Lipinski definition) is 2. The van der Waals surface area contributed by atoms with Gasteiger partial charge >= 0.3 is 0 Å². The molecule has 5 heteroatoms. The minimum absolute atomic E-state index is 0.0109. The van der Waals surface area contributed by atoms with Gasteiger partial charge in [0.15, 0.2) is 0 Å². The van der Waals surface area contributed by atoms with Crippen molar-refractivity contribution in [3.8, 4) is 0 Å². The Hall–Kier alpha value is -4.12. The highest BCUT2D eigenvalue weighted by atomic mass is 16.2. The second kappa shape index (κ2) is 7.95. The molecular formula is C26H22N4O. The number of hydrogen-bond acceptors (Lipinski definition) is 3. The number of anilines is 3. The zero-order chi connectivity index (χ0) is 21.2. The Morgan fingerprint density at radius 2 is 1.55 bits per heavy atom. The smallest absolute Gasteiger partial charge is 0.231 e. The normalized spacial score (nSPS) is 11.1. The number of rotatable bonds is 5. The van der Waals surface area contributed by atoms with Crippen molar-refractivity contribution in [3.63, 3.8) is 0 Å². The lowest BCUT2D eigenvalue weighted by Crippen LogP contribution is -2.26. The quantitative estimate of drug-likeness (QED) is 0.373. The topological polar surface area (TPSA) is 75.0 Å². The fraction of sp³-hybridized carbons (Fsp3) is 0.0769. The fourth-order valence-electron chi connectivity index (χ4n) is 3.91. The molecule has 3 aromatic carbocycles. The van der Waals surface area contributed by atoms with Crippen molar-refractivity contribution in [3.05, 3.63) is 96.8 Å². The Bertz CT molecular complexity index is 1360. The van der Waals surface area contributed by atoms with Gasteiger partial charge in [-0.2, -0.15) is 0 Å². The summed E-state index contributed by atoms with van der Waals surface area (Å²) in [6.07, 6.45) is 2.76. The highest BCUT2D eigenvalue weighted by molar-refractivity contribution is 6.07. The van der Waals surface area contributed by atoms with Gasteiger partial charge in [0, 0.05) is 45.5 Å². The highest BCUT2D eigenvalue weighted by Crippen LogP contribution is 2.28. The molecule has 3 N–H and O–H groups in total. The molecule has 1 amide bonds. The van der Waals surface area contributed by atoms with Gasteiger partial charge in [0.05, 0.1) is 11.7 Å². The van der Waals surface area contributed by atoms with E-state index in [4.69, 9.17) is 5.73 Å². The van der Waals surface area contributed by atoms with Crippen LogP contribution in [-0.4, -0.2) is 15.9 Å². The first-order valence-electron chi connectivity index (χ1n) is 10.3. The molecule has 0 aliphatic carbocycles. The molecule has 31 heavy (non-hydrogen) atoms. The zero-order valence-electron chi connectivity index (χ0n) is 17.0. The van der Waals surface area contributed by atoms with Crippen LogP contribution in [0.2, 0.25) is 0 Å². The minimum Gasteiger partial charge on any atom is -0.399 e. The molecule has 0 saturated heterocycles. The lowest BCUT2D eigenvalue weighted by atomic mass is 10.1. The second-order valence-corrected chi connectivity index (χ2v) is 7.55. The van der Waals surface area contributed by atoms with Crippen LogP contribution in [-0.2, 0) is 11.2 Å². The molecule has 0 saturated carbocycles. The van der Waals surface area contributed by atoms with Gasteiger partial charge < -0.3 is 10.7 Å². The maximum Gasteiger partial charge on any atom is 0.231 e. The number of amides is 1. The summed E-state index contributed by atoms with van der Waals surface area (Å²) in [7, 11) is 0. The van der Waals surface area contributed by atoms with Crippen molar-refractivity contribution in [1.29, 1.82) is 0 Å². The summed E-state index contributed by atoms with van der Waals surface area (Å²) < 4.78 is 0. The van der Waals surface area contributed by atoms with Crippen LogP contribution < -0.4 is 10.6 Å². The van der Waals surface area contributed by atoms with E-state index in [1.54, 1.807) is 4.90 Å². The summed E-state index contributed by atoms with van der Waals surface area (Å²) in [5, 5.41) is 2.30. The molecule has 0 aliphatic rings. The third-order valence-electron chi connectivity index (χ3n) is 5.46. The van der Waals surface area contributed by atoms with Crippen LogP contribution in [0.15, 0.2) is 91.1 Å². The number of aromatic nitrogens is 2. The van der Waals surface area contributed by atoms with Crippen LogP contribution in [0.3, 0.4) is 0 Å². The number of benzene rings is 3. The lowest BCUT2D eigenvalue weighted by Gasteiger charge is -2.23. The Labute approximate surface area is 180 Å². The molecule has 0 spiro atoms. The number of nitrogen functional groups attached to an aromatic ring is 1. The molecule has 0 radical (unpaired) electrons. The van der Waals surface area contributed by atoms with E-state index in [0.29, 0.717) is 18.5 Å². The van der Waals surface area contributed by atoms with Gasteiger partial charge in [0.2, 0.25) is 5.91 Å². The first-order chi connectivity index (χ1) is 15.2. The molecule has 5 nitrogen and oxygen atoms in total. The van der Waals surface area contributed by atoms with E-state index in [-0.39, 0.29) is 5.91 Å². The predicted octanol–water partition coefficient (Wildman–Crippen LogP) is 5.60. The third-order valence-corrected chi connectivity index (χ3v) is 5.46. The van der Waals surface area contributed by atoms with E-state index in [0.717, 1.165) is 33.5 Å². The summed E-state index contributed by atoms with van der Waals surface area (Å²) in [6.45, 7) is 0. The number of nitrogens with one attached hydrogen (secondary N) is 1. The summed E-state index contributed by atoms with van der Waals surface area (Å²) in [6, 6.07) is 27.3. The standard InChI is InChI=1S/C26H22N4O/c27-18-10-13-21(14-11-18)30(20-6-2-1-3-7-20)26(31)15-12-19-16-23-22-8-4-5-9-24(22)29-25(23)17-28-19/h1-11,13-14,16-17,29H,12,15,27H2. The van der Waals surface area contributed by atoms with Crippen molar-refractivity contribution >= 4 is 44.8 Å². The van der Waals surface area contributed by atoms with Crippen molar-refractivity contribution in [1.82, 2.24) is 9.97 Å². The Morgan fingerprint density at radius 1 is 0.839 bits per heavy atom. The van der Waals surface area contributed by atoms with Gasteiger partial charge in [-0.3, -0.25) is 14.7 Å². The van der Waals surface area contributed by atoms with Crippen LogP contribution in [0.4, 0.5) is 17.1 Å². The van der Waals surface area contributed by atoms with Gasteiger partial charge in [-0.05, 0) is 55.0 Å². The van der Waals surface area contributed by atoms with Crippen LogP contribution in [0.5, 0.6) is 0 Å². The van der Waals surface area contributed by atoms with Crippen molar-refractivity contribution in [2.75, 3.05) is 10.6 Å². The summed E-state index contributed by atoms with van der Waals surface area (Å²) >= 11 is 0. The van der Waals surface area contributed by atoms with E-state index in [9.17, 15) is 4.79 Å². The number of nitrogens with two attached hydrogens (primary N) is 1. The van der Waals surface area contributed by atoms with Gasteiger partial charge in [-0.1, -0.05) is 36.4 Å². The van der Waals surface area contributed by atoms with Crippen LogP contribution in [0, 0.1) is 0 Å². The molecule has 0 atom stereocenters. The minimum atomic E-state index is 0.0109. The number of aromatic amines is 1. The first kappa shape index (κ1) is 18.9. The lowest BCUT2D eigenvalue weighted by molar-refractivity contribution is -0.117. The van der Waals surface area contributed by atoms with Crippen LogP contribution >= 0.6 is 0 Å². The van der Waals surface area contributed by atoms with Crippen molar-refractivity contribution in [2.45, 2.75) is 12.8 Å². The number of H-pyrrole nitrogens is 1. The second-order valence-electron chi connectivity index (χ2n) is 7.55. The Balaban J connectivity index is 1.42. The van der Waals surface area contributed by atoms with Gasteiger partial charge in [0.25, 0.3) is 0 Å². The van der Waals surface area contributed by atoms with E-state index in [2.05, 4.69) is 28.2 Å². The van der Waals surface area contributed by atoms with Gasteiger partial charge in [-0.25, -0.2) is 0 Å². The highest BCUT2D eigenvalue weighted by Gasteiger charge is 2.18. The maximum atomic E-state index is 13.3. The van der Waals surface area contributed by atoms with E-state index < -0.39 is 0 Å². The van der Waals surface area contributed by atoms with Crippen molar-refractivity contribution < 1.29 is 4.79 Å². The summed E-state index contributed by atoms with van der Waals surface area (Å²) in [4.78, 5) is 23.0. The number of para-hydroxylation sites is 2. The number of fused-ring (bicyclic) bond motifs is 3. The number of carbonyl (C=O) groups is 1. The number of nitrogens with zero attached hydrogens (tertiary/aromatic N) is 2. The van der Waals surface area contributed by atoms with E-state index in [1.165, 1.54) is 5.39 Å². The van der Waals surface area contributed by atoms with Crippen molar-refractivity contribution in [2.24, 2.45) is 0 Å². The van der Waals surface area contributed by atoms with Crippen LogP contribution in [0.1, 0.15) is 12.1 Å². The number of pyridine rings is 1. The third kappa shape index (κ3) is 3.73.